The first-order valence-electron chi connectivity index (χ1n) is 10.6. The van der Waals surface area contributed by atoms with Crippen LogP contribution < -0.4 is 16.0 Å². The minimum Gasteiger partial charge on any atom is -0.369 e. The van der Waals surface area contributed by atoms with Crippen LogP contribution in [-0.2, 0) is 20.9 Å². The van der Waals surface area contributed by atoms with Crippen molar-refractivity contribution in [1.82, 2.24) is 9.88 Å². The molecule has 9 heteroatoms. The topological polar surface area (TPSA) is 126 Å². The summed E-state index contributed by atoms with van der Waals surface area (Å²) in [6.07, 6.45) is 3.78. The molecule has 1 aromatic heterocycles. The van der Waals surface area contributed by atoms with Crippen LogP contribution in [0.2, 0.25) is 0 Å². The molecule has 166 valence electrons. The molecular formula is C23H25N5O4. The van der Waals surface area contributed by atoms with Gasteiger partial charge in [-0.15, -0.1) is 0 Å². The Kier molecular flexibility index (Phi) is 6.16. The van der Waals surface area contributed by atoms with Crippen LogP contribution in [0.3, 0.4) is 0 Å². The Labute approximate surface area is 185 Å². The normalized spacial score (nSPS) is 18.7. The zero-order valence-electron chi connectivity index (χ0n) is 17.6. The number of carbonyl (C=O) groups excluding carboxylic acids is 4. The number of aromatic nitrogens is 1. The number of nitrogens with two attached hydrogens (primary N) is 1. The van der Waals surface area contributed by atoms with Crippen LogP contribution in [0.4, 0.5) is 11.5 Å². The SMILES string of the molecule is NC(=O)C1CCCN(c2ccc(NC(=O)c3ccc(CN4C(=O)CCC4=O)cc3)cn2)C1. The molecule has 2 aromatic rings. The maximum absolute atomic E-state index is 12.6. The van der Waals surface area contributed by atoms with Gasteiger partial charge in [0, 0.05) is 31.5 Å². The van der Waals surface area contributed by atoms with Gasteiger partial charge >= 0.3 is 0 Å². The first-order valence-corrected chi connectivity index (χ1v) is 10.6. The zero-order valence-corrected chi connectivity index (χ0v) is 17.6. The Balaban J connectivity index is 1.35. The third kappa shape index (κ3) is 4.77. The molecule has 2 aliphatic heterocycles. The number of amides is 4. The van der Waals surface area contributed by atoms with Gasteiger partial charge in [0.25, 0.3) is 5.91 Å². The molecule has 0 bridgehead atoms. The highest BCUT2D eigenvalue weighted by atomic mass is 16.2. The Morgan fingerprint density at radius 2 is 1.78 bits per heavy atom. The van der Waals surface area contributed by atoms with Crippen LogP contribution in [0.1, 0.15) is 41.6 Å². The maximum atomic E-state index is 12.6. The van der Waals surface area contributed by atoms with E-state index in [-0.39, 0.29) is 48.9 Å². The Morgan fingerprint density at radius 1 is 1.06 bits per heavy atom. The second kappa shape index (κ2) is 9.17. The van der Waals surface area contributed by atoms with Gasteiger partial charge in [-0.05, 0) is 42.7 Å². The standard InChI is InChI=1S/C23H25N5O4/c24-22(31)17-2-1-11-27(14-17)19-8-7-18(12-25-19)26-23(32)16-5-3-15(4-6-16)13-28-20(29)9-10-21(28)30/h3-8,12,17H,1-2,9-11,13-14H2,(H2,24,31)(H,26,32). The summed E-state index contributed by atoms with van der Waals surface area (Å²) in [7, 11) is 0. The van der Waals surface area contributed by atoms with Crippen molar-refractivity contribution in [1.29, 1.82) is 0 Å². The summed E-state index contributed by atoms with van der Waals surface area (Å²) in [6, 6.07) is 10.4. The van der Waals surface area contributed by atoms with E-state index < -0.39 is 0 Å². The predicted octanol–water partition coefficient (Wildman–Crippen LogP) is 1.68. The van der Waals surface area contributed by atoms with Crippen molar-refractivity contribution in [3.8, 4) is 0 Å². The molecule has 1 aromatic carbocycles. The van der Waals surface area contributed by atoms with Gasteiger partial charge in [0.1, 0.15) is 5.82 Å². The Hall–Kier alpha value is -3.75. The number of likely N-dealkylation sites (tertiary alicyclic amines) is 1. The number of anilines is 2. The fourth-order valence-corrected chi connectivity index (χ4v) is 4.01. The molecule has 9 nitrogen and oxygen atoms in total. The number of nitrogens with zero attached hydrogens (tertiary/aromatic N) is 3. The van der Waals surface area contributed by atoms with E-state index in [4.69, 9.17) is 5.73 Å². The summed E-state index contributed by atoms with van der Waals surface area (Å²) in [5, 5.41) is 2.81. The number of piperidine rings is 1. The zero-order chi connectivity index (χ0) is 22.7. The smallest absolute Gasteiger partial charge is 0.255 e. The molecule has 3 N–H and O–H groups in total. The van der Waals surface area contributed by atoms with Gasteiger partial charge in [-0.2, -0.15) is 0 Å². The lowest BCUT2D eigenvalue weighted by molar-refractivity contribution is -0.139. The summed E-state index contributed by atoms with van der Waals surface area (Å²) < 4.78 is 0. The molecule has 3 heterocycles. The molecule has 1 atom stereocenters. The van der Waals surface area contributed by atoms with Gasteiger partial charge in [0.05, 0.1) is 24.3 Å². The third-order valence-electron chi connectivity index (χ3n) is 5.87. The number of nitrogens with one attached hydrogen (secondary N) is 1. The van der Waals surface area contributed by atoms with E-state index in [1.54, 1.807) is 36.5 Å². The van der Waals surface area contributed by atoms with Gasteiger partial charge in [0.2, 0.25) is 17.7 Å². The lowest BCUT2D eigenvalue weighted by atomic mass is 9.97. The van der Waals surface area contributed by atoms with E-state index >= 15 is 0 Å². The fourth-order valence-electron chi connectivity index (χ4n) is 4.01. The largest absolute Gasteiger partial charge is 0.369 e. The van der Waals surface area contributed by atoms with Crippen molar-refractivity contribution in [2.75, 3.05) is 23.3 Å². The van der Waals surface area contributed by atoms with E-state index in [0.29, 0.717) is 17.8 Å². The van der Waals surface area contributed by atoms with E-state index in [1.165, 1.54) is 4.90 Å². The number of primary amides is 1. The number of pyridine rings is 1. The van der Waals surface area contributed by atoms with Crippen LogP contribution in [0, 0.1) is 5.92 Å². The Bertz CT molecular complexity index is 1020. The molecule has 32 heavy (non-hydrogen) atoms. The third-order valence-corrected chi connectivity index (χ3v) is 5.87. The molecular weight excluding hydrogens is 410 g/mol. The molecule has 0 aliphatic carbocycles. The van der Waals surface area contributed by atoms with Gasteiger partial charge in [0.15, 0.2) is 0 Å². The maximum Gasteiger partial charge on any atom is 0.255 e. The summed E-state index contributed by atoms with van der Waals surface area (Å²) >= 11 is 0. The summed E-state index contributed by atoms with van der Waals surface area (Å²) in [5.74, 6) is -0.335. The van der Waals surface area contributed by atoms with Crippen molar-refractivity contribution in [3.63, 3.8) is 0 Å². The summed E-state index contributed by atoms with van der Waals surface area (Å²) in [4.78, 5) is 55.2. The molecule has 4 amide bonds. The highest BCUT2D eigenvalue weighted by molar-refractivity contribution is 6.04. The number of hydrogen-bond donors (Lipinski definition) is 2. The van der Waals surface area contributed by atoms with Crippen molar-refractivity contribution >= 4 is 35.1 Å². The molecule has 1 unspecified atom stereocenters. The first kappa shape index (κ1) is 21.5. The molecule has 2 fully saturated rings. The van der Waals surface area contributed by atoms with Crippen LogP contribution in [0.5, 0.6) is 0 Å². The van der Waals surface area contributed by atoms with E-state index in [2.05, 4.69) is 10.3 Å². The monoisotopic (exact) mass is 435 g/mol. The van der Waals surface area contributed by atoms with Gasteiger partial charge in [-0.25, -0.2) is 4.98 Å². The summed E-state index contributed by atoms with van der Waals surface area (Å²) in [6.45, 7) is 1.58. The van der Waals surface area contributed by atoms with Crippen LogP contribution in [0.25, 0.3) is 0 Å². The summed E-state index contributed by atoms with van der Waals surface area (Å²) in [5.41, 5.74) is 7.23. The molecule has 2 aliphatic rings. The number of carbonyl (C=O) groups is 4. The minimum absolute atomic E-state index is 0.164. The van der Waals surface area contributed by atoms with E-state index in [9.17, 15) is 19.2 Å². The lowest BCUT2D eigenvalue weighted by Gasteiger charge is -2.32. The van der Waals surface area contributed by atoms with Crippen molar-refractivity contribution in [2.24, 2.45) is 11.7 Å². The molecule has 4 rings (SSSR count). The van der Waals surface area contributed by atoms with Crippen molar-refractivity contribution in [3.05, 3.63) is 53.7 Å². The fraction of sp³-hybridized carbons (Fsp3) is 0.348. The Morgan fingerprint density at radius 3 is 2.41 bits per heavy atom. The second-order valence-electron chi connectivity index (χ2n) is 8.12. The first-order chi connectivity index (χ1) is 15.4. The average Bonchev–Trinajstić information content (AvgIpc) is 3.12. The number of hydrogen-bond acceptors (Lipinski definition) is 6. The van der Waals surface area contributed by atoms with Gasteiger partial charge in [-0.3, -0.25) is 24.1 Å². The second-order valence-corrected chi connectivity index (χ2v) is 8.12. The van der Waals surface area contributed by atoms with E-state index in [0.717, 1.165) is 30.8 Å². The minimum atomic E-state index is -0.289. The number of rotatable bonds is 6. The highest BCUT2D eigenvalue weighted by Crippen LogP contribution is 2.23. The quantitative estimate of drug-likeness (QED) is 0.665. The molecule has 0 spiro atoms. The lowest BCUT2D eigenvalue weighted by Crippen LogP contribution is -2.41. The van der Waals surface area contributed by atoms with Crippen molar-refractivity contribution < 1.29 is 19.2 Å². The molecule has 0 radical (unpaired) electrons. The van der Waals surface area contributed by atoms with Gasteiger partial charge in [-0.1, -0.05) is 12.1 Å². The number of imide groups is 1. The van der Waals surface area contributed by atoms with Crippen LogP contribution in [0.15, 0.2) is 42.6 Å². The van der Waals surface area contributed by atoms with Gasteiger partial charge < -0.3 is 16.0 Å². The van der Waals surface area contributed by atoms with Crippen molar-refractivity contribution in [2.45, 2.75) is 32.2 Å². The van der Waals surface area contributed by atoms with E-state index in [1.807, 2.05) is 11.0 Å². The predicted molar refractivity (Wildman–Crippen MR) is 118 cm³/mol. The number of benzene rings is 1. The molecule has 2 saturated heterocycles. The molecule has 0 saturated carbocycles. The van der Waals surface area contributed by atoms with Crippen LogP contribution >= 0.6 is 0 Å². The average molecular weight is 435 g/mol. The van der Waals surface area contributed by atoms with Crippen LogP contribution in [-0.4, -0.2) is 46.6 Å². The highest BCUT2D eigenvalue weighted by Gasteiger charge is 2.28.